The zero-order valence-electron chi connectivity index (χ0n) is 12.7. The van der Waals surface area contributed by atoms with Crippen molar-refractivity contribution in [2.75, 3.05) is 18.5 Å². The monoisotopic (exact) mass is 351 g/mol. The number of rotatable bonds is 2. The lowest BCUT2D eigenvalue weighted by Crippen LogP contribution is -2.18. The third-order valence-corrected chi connectivity index (χ3v) is 4.11. The van der Waals surface area contributed by atoms with Crippen LogP contribution in [0.2, 0.25) is 10.0 Å². The van der Waals surface area contributed by atoms with Crippen LogP contribution in [0, 0.1) is 13.8 Å². The van der Waals surface area contributed by atoms with Crippen molar-refractivity contribution >= 4 is 34.8 Å². The van der Waals surface area contributed by atoms with E-state index in [1.165, 1.54) is 0 Å². The van der Waals surface area contributed by atoms with Crippen molar-refractivity contribution in [2.45, 2.75) is 13.8 Å². The van der Waals surface area contributed by atoms with Crippen molar-refractivity contribution in [3.63, 3.8) is 0 Å². The standard InChI is InChI=1S/C17H15Cl2NO3/c1-9-5-10(2)15(12(18)6-9)20-17(21)11-7-13(19)16-14(8-11)22-3-4-23-16/h5-8H,3-4H2,1-2H3,(H,20,21). The summed E-state index contributed by atoms with van der Waals surface area (Å²) in [6, 6.07) is 6.94. The highest BCUT2D eigenvalue weighted by molar-refractivity contribution is 6.34. The van der Waals surface area contributed by atoms with Crippen molar-refractivity contribution in [1.82, 2.24) is 0 Å². The van der Waals surface area contributed by atoms with Gasteiger partial charge in [-0.3, -0.25) is 4.79 Å². The van der Waals surface area contributed by atoms with Gasteiger partial charge in [-0.25, -0.2) is 0 Å². The number of aryl methyl sites for hydroxylation is 2. The average Bonchev–Trinajstić information content (AvgIpc) is 2.50. The van der Waals surface area contributed by atoms with Crippen LogP contribution in [-0.2, 0) is 0 Å². The van der Waals surface area contributed by atoms with E-state index in [4.69, 9.17) is 32.7 Å². The summed E-state index contributed by atoms with van der Waals surface area (Å²) in [5.41, 5.74) is 2.91. The molecular weight excluding hydrogens is 337 g/mol. The summed E-state index contributed by atoms with van der Waals surface area (Å²) >= 11 is 12.4. The Hall–Kier alpha value is -1.91. The van der Waals surface area contributed by atoms with Crippen molar-refractivity contribution in [2.24, 2.45) is 0 Å². The van der Waals surface area contributed by atoms with Crippen molar-refractivity contribution in [1.29, 1.82) is 0 Å². The third-order valence-electron chi connectivity index (χ3n) is 3.53. The molecule has 0 radical (unpaired) electrons. The number of hydrogen-bond donors (Lipinski definition) is 1. The minimum atomic E-state index is -0.308. The van der Waals surface area contributed by atoms with E-state index in [0.29, 0.717) is 46.0 Å². The van der Waals surface area contributed by atoms with E-state index in [9.17, 15) is 4.79 Å². The minimum Gasteiger partial charge on any atom is -0.486 e. The third kappa shape index (κ3) is 3.23. The molecule has 1 amide bonds. The molecule has 0 saturated carbocycles. The van der Waals surface area contributed by atoms with Gasteiger partial charge in [0.05, 0.1) is 15.7 Å². The van der Waals surface area contributed by atoms with Gasteiger partial charge in [-0.05, 0) is 43.2 Å². The molecule has 1 aliphatic heterocycles. The van der Waals surface area contributed by atoms with E-state index in [1.807, 2.05) is 19.9 Å². The first-order valence-electron chi connectivity index (χ1n) is 7.13. The highest BCUT2D eigenvalue weighted by Crippen LogP contribution is 2.38. The van der Waals surface area contributed by atoms with Crippen LogP contribution < -0.4 is 14.8 Å². The van der Waals surface area contributed by atoms with E-state index in [1.54, 1.807) is 18.2 Å². The number of carbonyl (C=O) groups is 1. The lowest BCUT2D eigenvalue weighted by Gasteiger charge is -2.20. The molecule has 6 heteroatoms. The summed E-state index contributed by atoms with van der Waals surface area (Å²) in [5.74, 6) is 0.636. The van der Waals surface area contributed by atoms with Gasteiger partial charge in [0, 0.05) is 5.56 Å². The fourth-order valence-electron chi connectivity index (χ4n) is 2.50. The topological polar surface area (TPSA) is 47.6 Å². The fraction of sp³-hybridized carbons (Fsp3) is 0.235. The maximum Gasteiger partial charge on any atom is 0.255 e. The normalized spacial score (nSPS) is 12.9. The Balaban J connectivity index is 1.91. The second-order valence-electron chi connectivity index (χ2n) is 5.38. The minimum absolute atomic E-state index is 0.308. The summed E-state index contributed by atoms with van der Waals surface area (Å²) < 4.78 is 10.9. The first kappa shape index (κ1) is 16.0. The molecule has 120 valence electrons. The molecule has 1 heterocycles. The summed E-state index contributed by atoms with van der Waals surface area (Å²) in [4.78, 5) is 12.5. The van der Waals surface area contributed by atoms with E-state index in [-0.39, 0.29) is 5.91 Å². The number of fused-ring (bicyclic) bond motifs is 1. The highest BCUT2D eigenvalue weighted by Gasteiger charge is 2.20. The largest absolute Gasteiger partial charge is 0.486 e. The van der Waals surface area contributed by atoms with Gasteiger partial charge in [-0.1, -0.05) is 29.3 Å². The number of amides is 1. The molecule has 0 aliphatic carbocycles. The van der Waals surface area contributed by atoms with Crippen LogP contribution in [0.1, 0.15) is 21.5 Å². The van der Waals surface area contributed by atoms with Crippen molar-refractivity contribution in [3.05, 3.63) is 51.0 Å². The van der Waals surface area contributed by atoms with Crippen molar-refractivity contribution < 1.29 is 14.3 Å². The van der Waals surface area contributed by atoms with Gasteiger partial charge >= 0.3 is 0 Å². The van der Waals surface area contributed by atoms with E-state index in [0.717, 1.165) is 11.1 Å². The molecule has 0 unspecified atom stereocenters. The van der Waals surface area contributed by atoms with Gasteiger partial charge in [0.25, 0.3) is 5.91 Å². The van der Waals surface area contributed by atoms with Gasteiger partial charge in [0.2, 0.25) is 0 Å². The molecule has 1 aliphatic rings. The molecule has 2 aromatic rings. The lowest BCUT2D eigenvalue weighted by atomic mass is 10.1. The Morgan fingerprint density at radius 2 is 1.78 bits per heavy atom. The van der Waals surface area contributed by atoms with E-state index >= 15 is 0 Å². The smallest absolute Gasteiger partial charge is 0.255 e. The Labute approximate surface area is 144 Å². The van der Waals surface area contributed by atoms with Crippen molar-refractivity contribution in [3.8, 4) is 11.5 Å². The molecule has 4 nitrogen and oxygen atoms in total. The van der Waals surface area contributed by atoms with Gasteiger partial charge in [-0.2, -0.15) is 0 Å². The van der Waals surface area contributed by atoms with Gasteiger partial charge in [0.1, 0.15) is 13.2 Å². The highest BCUT2D eigenvalue weighted by atomic mass is 35.5. The molecule has 0 fully saturated rings. The molecule has 1 N–H and O–H groups in total. The number of carbonyl (C=O) groups excluding carboxylic acids is 1. The van der Waals surface area contributed by atoms with E-state index < -0.39 is 0 Å². The van der Waals surface area contributed by atoms with Crippen LogP contribution in [0.4, 0.5) is 5.69 Å². The molecule has 0 saturated heterocycles. The summed E-state index contributed by atoms with van der Waals surface area (Å²) in [6.07, 6.45) is 0. The number of hydrogen-bond acceptors (Lipinski definition) is 3. The fourth-order valence-corrected chi connectivity index (χ4v) is 3.14. The molecule has 0 aromatic heterocycles. The zero-order chi connectivity index (χ0) is 16.6. The Morgan fingerprint density at radius 1 is 1.04 bits per heavy atom. The second kappa shape index (κ2) is 6.30. The number of halogens is 2. The first-order chi connectivity index (χ1) is 11.0. The maximum atomic E-state index is 12.5. The molecule has 23 heavy (non-hydrogen) atoms. The Morgan fingerprint density at radius 3 is 2.52 bits per heavy atom. The van der Waals surface area contributed by atoms with E-state index in [2.05, 4.69) is 5.32 Å². The number of ether oxygens (including phenoxy) is 2. The molecular formula is C17H15Cl2NO3. The predicted molar refractivity (Wildman–Crippen MR) is 91.3 cm³/mol. The quantitative estimate of drug-likeness (QED) is 0.857. The number of nitrogens with one attached hydrogen (secondary N) is 1. The molecule has 3 rings (SSSR count). The summed E-state index contributed by atoms with van der Waals surface area (Å²) in [7, 11) is 0. The van der Waals surface area contributed by atoms with Crippen LogP contribution in [0.15, 0.2) is 24.3 Å². The van der Waals surface area contributed by atoms with Crippen LogP contribution in [0.5, 0.6) is 11.5 Å². The Bertz CT molecular complexity index is 767. The zero-order valence-corrected chi connectivity index (χ0v) is 14.2. The van der Waals surface area contributed by atoms with Crippen LogP contribution in [-0.4, -0.2) is 19.1 Å². The molecule has 0 bridgehead atoms. The van der Waals surface area contributed by atoms with Crippen LogP contribution >= 0.6 is 23.2 Å². The Kier molecular flexibility index (Phi) is 4.37. The maximum absolute atomic E-state index is 12.5. The van der Waals surface area contributed by atoms with Crippen LogP contribution in [0.25, 0.3) is 0 Å². The molecule has 0 spiro atoms. The lowest BCUT2D eigenvalue weighted by molar-refractivity contribution is 0.102. The SMILES string of the molecule is Cc1cc(C)c(NC(=O)c2cc(Cl)c3c(c2)OCCO3)c(Cl)c1. The van der Waals surface area contributed by atoms with Gasteiger partial charge < -0.3 is 14.8 Å². The molecule has 0 atom stereocenters. The first-order valence-corrected chi connectivity index (χ1v) is 7.88. The predicted octanol–water partition coefficient (Wildman–Crippen LogP) is 4.63. The summed E-state index contributed by atoms with van der Waals surface area (Å²) in [5, 5.41) is 3.68. The number of benzene rings is 2. The second-order valence-corrected chi connectivity index (χ2v) is 6.19. The molecule has 2 aromatic carbocycles. The number of anilines is 1. The van der Waals surface area contributed by atoms with Gasteiger partial charge in [0.15, 0.2) is 11.5 Å². The van der Waals surface area contributed by atoms with Gasteiger partial charge in [-0.15, -0.1) is 0 Å². The summed E-state index contributed by atoms with van der Waals surface area (Å²) in [6.45, 7) is 4.71. The van der Waals surface area contributed by atoms with Crippen LogP contribution in [0.3, 0.4) is 0 Å². The average molecular weight is 352 g/mol.